The highest BCUT2D eigenvalue weighted by Crippen LogP contribution is 2.46. The van der Waals surface area contributed by atoms with E-state index in [1.54, 1.807) is 6.07 Å². The predicted octanol–water partition coefficient (Wildman–Crippen LogP) is 6.05. The Bertz CT molecular complexity index is 909. The van der Waals surface area contributed by atoms with E-state index >= 15 is 0 Å². The van der Waals surface area contributed by atoms with Gasteiger partial charge < -0.3 is 0 Å². The Kier molecular flexibility index (Phi) is 3.09. The number of benzene rings is 3. The van der Waals surface area contributed by atoms with E-state index in [0.29, 0.717) is 10.6 Å². The summed E-state index contributed by atoms with van der Waals surface area (Å²) in [6.07, 6.45) is 1.97. The summed E-state index contributed by atoms with van der Waals surface area (Å²) in [4.78, 5) is 0. The van der Waals surface area contributed by atoms with Gasteiger partial charge in [-0.2, -0.15) is 0 Å². The zero-order valence-corrected chi connectivity index (χ0v) is 12.4. The van der Waals surface area contributed by atoms with E-state index in [1.807, 2.05) is 60.7 Å². The molecule has 2 heteroatoms. The highest BCUT2D eigenvalue weighted by atomic mass is 35.5. The Balaban J connectivity index is 2.03. The van der Waals surface area contributed by atoms with E-state index in [9.17, 15) is 4.39 Å². The molecule has 0 aromatic heterocycles. The third-order valence-electron chi connectivity index (χ3n) is 4.00. The van der Waals surface area contributed by atoms with Gasteiger partial charge in [0.2, 0.25) is 0 Å². The van der Waals surface area contributed by atoms with Crippen molar-refractivity contribution in [2.75, 3.05) is 0 Å². The topological polar surface area (TPSA) is 0 Å². The van der Waals surface area contributed by atoms with Crippen molar-refractivity contribution < 1.29 is 4.39 Å². The third-order valence-corrected chi connectivity index (χ3v) is 4.34. The standard InChI is InChI=1S/C20H12ClF/c21-18-10-4-1-6-13(18)12-17-15-8-3-2-7-14(15)16-9-5-11-19(22)20(16)17/h1-12H. The molecule has 0 saturated heterocycles. The van der Waals surface area contributed by atoms with Gasteiger partial charge in [0, 0.05) is 10.6 Å². The van der Waals surface area contributed by atoms with Crippen LogP contribution in [0, 0.1) is 5.82 Å². The maximum Gasteiger partial charge on any atom is 0.131 e. The Morgan fingerprint density at radius 2 is 1.41 bits per heavy atom. The summed E-state index contributed by atoms with van der Waals surface area (Å²) in [5, 5.41) is 0.664. The second kappa shape index (κ2) is 5.11. The Hall–Kier alpha value is -2.38. The molecule has 3 aromatic rings. The molecule has 1 aliphatic carbocycles. The fraction of sp³-hybridized carbons (Fsp3) is 0. The lowest BCUT2D eigenvalue weighted by Gasteiger charge is -2.05. The van der Waals surface area contributed by atoms with Gasteiger partial charge in [-0.25, -0.2) is 4.39 Å². The average molecular weight is 307 g/mol. The first kappa shape index (κ1) is 13.3. The van der Waals surface area contributed by atoms with E-state index in [0.717, 1.165) is 27.8 Å². The van der Waals surface area contributed by atoms with Crippen LogP contribution in [-0.2, 0) is 0 Å². The van der Waals surface area contributed by atoms with Gasteiger partial charge in [-0.05, 0) is 46.0 Å². The summed E-state index contributed by atoms with van der Waals surface area (Å²) in [6.45, 7) is 0. The lowest BCUT2D eigenvalue weighted by atomic mass is 10.0. The maximum absolute atomic E-state index is 14.4. The van der Waals surface area contributed by atoms with Crippen molar-refractivity contribution in [1.29, 1.82) is 0 Å². The molecule has 0 fully saturated rings. The van der Waals surface area contributed by atoms with E-state index in [2.05, 4.69) is 0 Å². The fourth-order valence-electron chi connectivity index (χ4n) is 3.01. The van der Waals surface area contributed by atoms with Crippen LogP contribution in [0.1, 0.15) is 16.7 Å². The molecule has 0 radical (unpaired) electrons. The second-order valence-corrected chi connectivity index (χ2v) is 5.69. The predicted molar refractivity (Wildman–Crippen MR) is 90.3 cm³/mol. The van der Waals surface area contributed by atoms with Gasteiger partial charge in [-0.1, -0.05) is 66.2 Å². The molecule has 0 N–H and O–H groups in total. The van der Waals surface area contributed by atoms with Crippen LogP contribution in [0.15, 0.2) is 66.7 Å². The number of fused-ring (bicyclic) bond motifs is 3. The van der Waals surface area contributed by atoms with Gasteiger partial charge in [0.05, 0.1) is 0 Å². The number of hydrogen-bond acceptors (Lipinski definition) is 0. The molecule has 0 unspecified atom stereocenters. The summed E-state index contributed by atoms with van der Waals surface area (Å²) in [6, 6.07) is 20.8. The van der Waals surface area contributed by atoms with Crippen LogP contribution in [0.25, 0.3) is 22.8 Å². The van der Waals surface area contributed by atoms with Gasteiger partial charge in [0.15, 0.2) is 0 Å². The average Bonchev–Trinajstić information content (AvgIpc) is 2.86. The van der Waals surface area contributed by atoms with E-state index < -0.39 is 0 Å². The smallest absolute Gasteiger partial charge is 0.131 e. The van der Waals surface area contributed by atoms with Crippen LogP contribution < -0.4 is 0 Å². The molecule has 0 spiro atoms. The first-order chi connectivity index (χ1) is 10.8. The lowest BCUT2D eigenvalue weighted by molar-refractivity contribution is 0.625. The van der Waals surface area contributed by atoms with Crippen LogP contribution >= 0.6 is 11.6 Å². The molecule has 0 aliphatic heterocycles. The highest BCUT2D eigenvalue weighted by molar-refractivity contribution is 6.32. The molecule has 1 aliphatic rings. The van der Waals surface area contributed by atoms with Gasteiger partial charge in [0.25, 0.3) is 0 Å². The molecule has 0 heterocycles. The summed E-state index contributed by atoms with van der Waals surface area (Å²) in [5.41, 5.74) is 5.48. The molecule has 0 amide bonds. The van der Waals surface area contributed by atoms with Crippen LogP contribution in [0.3, 0.4) is 0 Å². The maximum atomic E-state index is 14.4. The molecular formula is C20H12ClF. The van der Waals surface area contributed by atoms with Crippen molar-refractivity contribution in [1.82, 2.24) is 0 Å². The Morgan fingerprint density at radius 1 is 0.727 bits per heavy atom. The molecule has 0 saturated carbocycles. The van der Waals surface area contributed by atoms with Crippen LogP contribution in [0.4, 0.5) is 4.39 Å². The van der Waals surface area contributed by atoms with Crippen molar-refractivity contribution >= 4 is 23.3 Å². The largest absolute Gasteiger partial charge is 0.206 e. The number of hydrogen-bond donors (Lipinski definition) is 0. The Labute approximate surface area is 133 Å². The SMILES string of the molecule is Fc1cccc2c1C(=Cc1ccccc1Cl)c1ccccc1-2. The van der Waals surface area contributed by atoms with Crippen molar-refractivity contribution in [3.8, 4) is 11.1 Å². The molecule has 106 valence electrons. The molecule has 0 nitrogen and oxygen atoms in total. The highest BCUT2D eigenvalue weighted by Gasteiger charge is 2.25. The van der Waals surface area contributed by atoms with E-state index in [-0.39, 0.29) is 5.82 Å². The third kappa shape index (κ3) is 1.98. The summed E-state index contributed by atoms with van der Waals surface area (Å²) in [5.74, 6) is -0.202. The van der Waals surface area contributed by atoms with Crippen molar-refractivity contribution in [3.05, 3.63) is 94.3 Å². The second-order valence-electron chi connectivity index (χ2n) is 5.29. The van der Waals surface area contributed by atoms with Crippen molar-refractivity contribution in [2.24, 2.45) is 0 Å². The minimum absolute atomic E-state index is 0.202. The summed E-state index contributed by atoms with van der Waals surface area (Å²) >= 11 is 6.26. The van der Waals surface area contributed by atoms with Gasteiger partial charge in [0.1, 0.15) is 5.82 Å². The Morgan fingerprint density at radius 3 is 2.23 bits per heavy atom. The fourth-order valence-corrected chi connectivity index (χ4v) is 3.20. The van der Waals surface area contributed by atoms with Gasteiger partial charge in [-0.3, -0.25) is 0 Å². The first-order valence-electron chi connectivity index (χ1n) is 7.10. The van der Waals surface area contributed by atoms with Crippen LogP contribution in [0.2, 0.25) is 5.02 Å². The molecule has 4 rings (SSSR count). The van der Waals surface area contributed by atoms with Gasteiger partial charge >= 0.3 is 0 Å². The van der Waals surface area contributed by atoms with Crippen molar-refractivity contribution in [2.45, 2.75) is 0 Å². The van der Waals surface area contributed by atoms with E-state index in [4.69, 9.17) is 11.6 Å². The number of halogens is 2. The molecular weight excluding hydrogens is 295 g/mol. The van der Waals surface area contributed by atoms with E-state index in [1.165, 1.54) is 6.07 Å². The number of rotatable bonds is 1. The van der Waals surface area contributed by atoms with Crippen molar-refractivity contribution in [3.63, 3.8) is 0 Å². The molecule has 0 atom stereocenters. The zero-order valence-electron chi connectivity index (χ0n) is 11.7. The zero-order chi connectivity index (χ0) is 15.1. The lowest BCUT2D eigenvalue weighted by Crippen LogP contribution is -1.87. The monoisotopic (exact) mass is 306 g/mol. The minimum Gasteiger partial charge on any atom is -0.206 e. The summed E-state index contributed by atoms with van der Waals surface area (Å²) < 4.78 is 14.4. The first-order valence-corrected chi connectivity index (χ1v) is 7.48. The molecule has 3 aromatic carbocycles. The molecule has 22 heavy (non-hydrogen) atoms. The van der Waals surface area contributed by atoms with Crippen LogP contribution in [0.5, 0.6) is 0 Å². The summed E-state index contributed by atoms with van der Waals surface area (Å²) in [7, 11) is 0. The minimum atomic E-state index is -0.202. The van der Waals surface area contributed by atoms with Crippen LogP contribution in [-0.4, -0.2) is 0 Å². The van der Waals surface area contributed by atoms with Gasteiger partial charge in [-0.15, -0.1) is 0 Å². The quantitative estimate of drug-likeness (QED) is 0.401. The normalized spacial score (nSPS) is 14.0. The molecule has 0 bridgehead atoms.